The first-order chi connectivity index (χ1) is 9.56. The number of carbonyl (C=O) groups is 2. The van der Waals surface area contributed by atoms with E-state index in [1.807, 2.05) is 0 Å². The first-order valence-corrected chi connectivity index (χ1v) is 7.34. The molecule has 0 radical (unpaired) electrons. The highest BCUT2D eigenvalue weighted by Gasteiger charge is 2.19. The molecule has 2 rings (SSSR count). The van der Waals surface area contributed by atoms with Gasteiger partial charge in [-0.15, -0.1) is 0 Å². The molecule has 0 aromatic heterocycles. The number of amides is 2. The fraction of sp³-hybridized carbons (Fsp3) is 0.429. The van der Waals surface area contributed by atoms with Crippen LogP contribution >= 0.6 is 23.2 Å². The molecular formula is C14H16Cl2N2O2. The quantitative estimate of drug-likeness (QED) is 0.870. The van der Waals surface area contributed by atoms with Gasteiger partial charge in [0.2, 0.25) is 11.8 Å². The molecule has 20 heavy (non-hydrogen) atoms. The minimum Gasteiger partial charge on any atom is -0.342 e. The molecule has 1 aromatic rings. The normalized spacial score (nSPS) is 15.0. The Bertz CT molecular complexity index is 514. The average molecular weight is 315 g/mol. The second-order valence-corrected chi connectivity index (χ2v) is 5.61. The largest absolute Gasteiger partial charge is 0.342 e. The Balaban J connectivity index is 1.88. The molecule has 2 amide bonds. The lowest BCUT2D eigenvalue weighted by Gasteiger charge is -2.26. The summed E-state index contributed by atoms with van der Waals surface area (Å²) in [7, 11) is 0. The van der Waals surface area contributed by atoms with Gasteiger partial charge in [0, 0.05) is 18.8 Å². The van der Waals surface area contributed by atoms with E-state index in [1.165, 1.54) is 0 Å². The van der Waals surface area contributed by atoms with Crippen LogP contribution in [0.15, 0.2) is 18.2 Å². The fourth-order valence-electron chi connectivity index (χ4n) is 2.17. The number of halogens is 2. The lowest BCUT2D eigenvalue weighted by atomic mass is 10.1. The van der Waals surface area contributed by atoms with E-state index in [9.17, 15) is 9.59 Å². The zero-order valence-electron chi connectivity index (χ0n) is 11.0. The summed E-state index contributed by atoms with van der Waals surface area (Å²) in [5, 5.41) is 3.44. The van der Waals surface area contributed by atoms with Crippen LogP contribution in [0.1, 0.15) is 25.7 Å². The third-order valence-corrected chi connectivity index (χ3v) is 3.96. The summed E-state index contributed by atoms with van der Waals surface area (Å²) >= 11 is 11.7. The van der Waals surface area contributed by atoms with E-state index >= 15 is 0 Å². The third-order valence-electron chi connectivity index (χ3n) is 3.22. The van der Waals surface area contributed by atoms with Gasteiger partial charge >= 0.3 is 0 Å². The molecule has 1 saturated heterocycles. The van der Waals surface area contributed by atoms with Crippen molar-refractivity contribution < 1.29 is 9.59 Å². The molecule has 0 spiro atoms. The Morgan fingerprint density at radius 3 is 2.45 bits per heavy atom. The third kappa shape index (κ3) is 4.12. The van der Waals surface area contributed by atoms with E-state index < -0.39 is 0 Å². The molecule has 0 atom stereocenters. The van der Waals surface area contributed by atoms with Gasteiger partial charge in [-0.05, 0) is 37.5 Å². The summed E-state index contributed by atoms with van der Waals surface area (Å²) < 4.78 is 0. The standard InChI is InChI=1S/C14H16Cl2N2O2/c15-11-5-4-10(8-12(11)16)17-13(19)9-14(20)18-6-2-1-3-7-18/h4-5,8H,1-3,6-7,9H2,(H,17,19). The maximum absolute atomic E-state index is 11.9. The smallest absolute Gasteiger partial charge is 0.233 e. The van der Waals surface area contributed by atoms with Gasteiger partial charge in [0.15, 0.2) is 0 Å². The van der Waals surface area contributed by atoms with Gasteiger partial charge in [-0.25, -0.2) is 0 Å². The lowest BCUT2D eigenvalue weighted by molar-refractivity contribution is -0.135. The van der Waals surface area contributed by atoms with E-state index in [4.69, 9.17) is 23.2 Å². The minimum atomic E-state index is -0.334. The van der Waals surface area contributed by atoms with Gasteiger partial charge < -0.3 is 10.2 Å². The van der Waals surface area contributed by atoms with Crippen LogP contribution in [-0.4, -0.2) is 29.8 Å². The Hall–Kier alpha value is -1.26. The van der Waals surface area contributed by atoms with E-state index in [-0.39, 0.29) is 18.2 Å². The Kier molecular flexibility index (Phi) is 5.26. The number of anilines is 1. The molecule has 0 saturated carbocycles. The molecule has 1 fully saturated rings. The van der Waals surface area contributed by atoms with E-state index in [0.717, 1.165) is 32.4 Å². The summed E-state index contributed by atoms with van der Waals surface area (Å²) in [6, 6.07) is 4.82. The number of nitrogens with one attached hydrogen (secondary N) is 1. The maximum Gasteiger partial charge on any atom is 0.233 e. The summed E-state index contributed by atoms with van der Waals surface area (Å²) in [4.78, 5) is 25.5. The van der Waals surface area contributed by atoms with Crippen molar-refractivity contribution in [2.45, 2.75) is 25.7 Å². The van der Waals surface area contributed by atoms with Gasteiger partial charge in [0.1, 0.15) is 6.42 Å². The lowest BCUT2D eigenvalue weighted by Crippen LogP contribution is -2.37. The summed E-state index contributed by atoms with van der Waals surface area (Å²) in [5.41, 5.74) is 0.538. The van der Waals surface area contributed by atoms with Crippen molar-refractivity contribution in [1.82, 2.24) is 4.90 Å². The van der Waals surface area contributed by atoms with Crippen molar-refractivity contribution in [3.05, 3.63) is 28.2 Å². The second-order valence-electron chi connectivity index (χ2n) is 4.80. The summed E-state index contributed by atoms with van der Waals surface area (Å²) in [5.74, 6) is -0.457. The molecule has 108 valence electrons. The van der Waals surface area contributed by atoms with Crippen LogP contribution < -0.4 is 5.32 Å². The SMILES string of the molecule is O=C(CC(=O)N1CCCCC1)Nc1ccc(Cl)c(Cl)c1. The van der Waals surface area contributed by atoms with Crippen molar-refractivity contribution in [2.75, 3.05) is 18.4 Å². The summed E-state index contributed by atoms with van der Waals surface area (Å²) in [6.45, 7) is 1.50. The number of likely N-dealkylation sites (tertiary alicyclic amines) is 1. The molecule has 1 N–H and O–H groups in total. The molecule has 1 aromatic carbocycles. The number of carbonyl (C=O) groups excluding carboxylic acids is 2. The molecule has 0 bridgehead atoms. The highest BCUT2D eigenvalue weighted by molar-refractivity contribution is 6.42. The highest BCUT2D eigenvalue weighted by atomic mass is 35.5. The van der Waals surface area contributed by atoms with Crippen molar-refractivity contribution in [2.24, 2.45) is 0 Å². The number of hydrogen-bond acceptors (Lipinski definition) is 2. The van der Waals surface area contributed by atoms with Crippen LogP contribution in [0.5, 0.6) is 0 Å². The molecule has 0 aliphatic carbocycles. The number of nitrogens with zero attached hydrogens (tertiary/aromatic N) is 1. The molecule has 1 aliphatic rings. The maximum atomic E-state index is 11.9. The molecule has 0 unspecified atom stereocenters. The van der Waals surface area contributed by atoms with Gasteiger partial charge in [-0.3, -0.25) is 9.59 Å². The van der Waals surface area contributed by atoms with Crippen LogP contribution in [0.2, 0.25) is 10.0 Å². The summed E-state index contributed by atoms with van der Waals surface area (Å²) in [6.07, 6.45) is 3.04. The van der Waals surface area contributed by atoms with Crippen LogP contribution in [0.25, 0.3) is 0 Å². The molecule has 1 aliphatic heterocycles. The average Bonchev–Trinajstić information content (AvgIpc) is 2.44. The van der Waals surface area contributed by atoms with Crippen molar-refractivity contribution in [3.8, 4) is 0 Å². The van der Waals surface area contributed by atoms with Gasteiger partial charge in [-0.1, -0.05) is 23.2 Å². The fourth-order valence-corrected chi connectivity index (χ4v) is 2.47. The minimum absolute atomic E-state index is 0.123. The Morgan fingerprint density at radius 2 is 1.80 bits per heavy atom. The monoisotopic (exact) mass is 314 g/mol. The van der Waals surface area contributed by atoms with E-state index in [2.05, 4.69) is 5.32 Å². The van der Waals surface area contributed by atoms with Crippen LogP contribution in [0.3, 0.4) is 0 Å². The molecule has 4 nitrogen and oxygen atoms in total. The molecule has 1 heterocycles. The van der Waals surface area contributed by atoms with Gasteiger partial charge in [0.25, 0.3) is 0 Å². The first kappa shape index (κ1) is 15.1. The van der Waals surface area contributed by atoms with E-state index in [0.29, 0.717) is 15.7 Å². The second kappa shape index (κ2) is 6.95. The van der Waals surface area contributed by atoms with Crippen LogP contribution in [-0.2, 0) is 9.59 Å². The highest BCUT2D eigenvalue weighted by Crippen LogP contribution is 2.25. The molecule has 6 heteroatoms. The van der Waals surface area contributed by atoms with Crippen molar-refractivity contribution in [3.63, 3.8) is 0 Å². The number of benzene rings is 1. The zero-order chi connectivity index (χ0) is 14.5. The van der Waals surface area contributed by atoms with Crippen molar-refractivity contribution >= 4 is 40.7 Å². The van der Waals surface area contributed by atoms with Gasteiger partial charge in [0.05, 0.1) is 10.0 Å². The van der Waals surface area contributed by atoms with Crippen LogP contribution in [0, 0.1) is 0 Å². The Labute approximate surface area is 128 Å². The predicted molar refractivity (Wildman–Crippen MR) is 80.1 cm³/mol. The van der Waals surface area contributed by atoms with E-state index in [1.54, 1.807) is 23.1 Å². The van der Waals surface area contributed by atoms with Crippen molar-refractivity contribution in [1.29, 1.82) is 0 Å². The number of rotatable bonds is 3. The first-order valence-electron chi connectivity index (χ1n) is 6.59. The molecular weight excluding hydrogens is 299 g/mol. The zero-order valence-corrected chi connectivity index (χ0v) is 12.5. The number of piperidine rings is 1. The Morgan fingerprint density at radius 1 is 1.10 bits per heavy atom. The number of hydrogen-bond donors (Lipinski definition) is 1. The van der Waals surface area contributed by atoms with Crippen LogP contribution in [0.4, 0.5) is 5.69 Å². The van der Waals surface area contributed by atoms with Gasteiger partial charge in [-0.2, -0.15) is 0 Å². The predicted octanol–water partition coefficient (Wildman–Crippen LogP) is 3.33. The topological polar surface area (TPSA) is 49.4 Å².